The second-order valence-corrected chi connectivity index (χ2v) is 4.20. The summed E-state index contributed by atoms with van der Waals surface area (Å²) in [6.07, 6.45) is 1.41. The van der Waals surface area contributed by atoms with Crippen molar-refractivity contribution in [2.24, 2.45) is 0 Å². The molecule has 0 unspecified atom stereocenters. The minimum atomic E-state index is -0.319. The van der Waals surface area contributed by atoms with E-state index in [0.29, 0.717) is 23.6 Å². The second-order valence-electron chi connectivity index (χ2n) is 4.20. The number of anilines is 1. The van der Waals surface area contributed by atoms with E-state index >= 15 is 0 Å². The zero-order valence-electron chi connectivity index (χ0n) is 10.4. The van der Waals surface area contributed by atoms with Gasteiger partial charge >= 0.3 is 5.69 Å². The molecular formula is C13H10N6O. The van der Waals surface area contributed by atoms with Crippen LogP contribution in [0.1, 0.15) is 11.1 Å². The van der Waals surface area contributed by atoms with Gasteiger partial charge in [0.15, 0.2) is 5.65 Å². The Morgan fingerprint density at radius 3 is 3.15 bits per heavy atom. The summed E-state index contributed by atoms with van der Waals surface area (Å²) >= 11 is 0. The van der Waals surface area contributed by atoms with E-state index in [9.17, 15) is 4.79 Å². The number of rotatable bonds is 3. The molecule has 1 aromatic carbocycles. The van der Waals surface area contributed by atoms with Crippen LogP contribution in [0.3, 0.4) is 0 Å². The maximum Gasteiger partial charge on any atom is 0.348 e. The largest absolute Gasteiger partial charge is 0.366 e. The first-order valence-corrected chi connectivity index (χ1v) is 5.92. The normalized spacial score (nSPS) is 10.3. The lowest BCUT2D eigenvalue weighted by atomic mass is 10.1. The molecule has 3 aromatic rings. The molecule has 0 saturated carbocycles. The van der Waals surface area contributed by atoms with Crippen molar-refractivity contribution < 1.29 is 0 Å². The molecule has 2 N–H and O–H groups in total. The maximum absolute atomic E-state index is 11.3. The van der Waals surface area contributed by atoms with Crippen molar-refractivity contribution in [3.05, 3.63) is 58.3 Å². The molecular weight excluding hydrogens is 256 g/mol. The Hall–Kier alpha value is -3.14. The van der Waals surface area contributed by atoms with E-state index in [1.807, 2.05) is 18.2 Å². The van der Waals surface area contributed by atoms with Crippen LogP contribution < -0.4 is 11.0 Å². The van der Waals surface area contributed by atoms with Crippen LogP contribution >= 0.6 is 0 Å². The SMILES string of the molecule is N#Cc1cccc(CNc2cc3n[nH]c(=O)n3cn2)c1. The van der Waals surface area contributed by atoms with Crippen molar-refractivity contribution >= 4 is 11.5 Å². The lowest BCUT2D eigenvalue weighted by Gasteiger charge is -2.05. The number of aromatic nitrogens is 4. The van der Waals surface area contributed by atoms with Crippen LogP contribution in [-0.4, -0.2) is 19.6 Å². The Kier molecular flexibility index (Phi) is 2.89. The van der Waals surface area contributed by atoms with Gasteiger partial charge in [-0.2, -0.15) is 10.4 Å². The zero-order valence-corrected chi connectivity index (χ0v) is 10.4. The molecule has 2 heterocycles. The molecule has 20 heavy (non-hydrogen) atoms. The molecule has 2 aromatic heterocycles. The molecule has 0 aliphatic carbocycles. The Balaban J connectivity index is 1.79. The monoisotopic (exact) mass is 266 g/mol. The molecule has 98 valence electrons. The van der Waals surface area contributed by atoms with Crippen LogP contribution in [-0.2, 0) is 6.54 Å². The smallest absolute Gasteiger partial charge is 0.348 e. The van der Waals surface area contributed by atoms with Gasteiger partial charge in [-0.25, -0.2) is 19.3 Å². The fourth-order valence-corrected chi connectivity index (χ4v) is 1.85. The van der Waals surface area contributed by atoms with Gasteiger partial charge in [0.25, 0.3) is 0 Å². The quantitative estimate of drug-likeness (QED) is 0.733. The van der Waals surface area contributed by atoms with Crippen molar-refractivity contribution in [3.63, 3.8) is 0 Å². The van der Waals surface area contributed by atoms with Crippen LogP contribution in [0, 0.1) is 11.3 Å². The number of nitriles is 1. The molecule has 7 nitrogen and oxygen atoms in total. The minimum absolute atomic E-state index is 0.319. The standard InChI is InChI=1S/C13H10N6O/c14-6-9-2-1-3-10(4-9)7-15-11-5-12-17-18-13(20)19(12)8-16-11/h1-5,8,15H,7H2,(H,18,20). The predicted octanol–water partition coefficient (Wildman–Crippen LogP) is 0.901. The summed E-state index contributed by atoms with van der Waals surface area (Å²) in [5, 5.41) is 18.2. The number of nitrogens with one attached hydrogen (secondary N) is 2. The topological polar surface area (TPSA) is 98.9 Å². The van der Waals surface area contributed by atoms with E-state index in [1.54, 1.807) is 12.1 Å². The highest BCUT2D eigenvalue weighted by Gasteiger charge is 2.02. The van der Waals surface area contributed by atoms with Gasteiger partial charge in [-0.3, -0.25) is 0 Å². The molecule has 3 rings (SSSR count). The van der Waals surface area contributed by atoms with E-state index in [2.05, 4.69) is 26.6 Å². The number of fused-ring (bicyclic) bond motifs is 1. The Bertz CT molecular complexity index is 857. The van der Waals surface area contributed by atoms with Gasteiger partial charge in [0.2, 0.25) is 0 Å². The number of nitrogens with zero attached hydrogens (tertiary/aromatic N) is 4. The van der Waals surface area contributed by atoms with Crippen LogP contribution in [0.25, 0.3) is 5.65 Å². The summed E-state index contributed by atoms with van der Waals surface area (Å²) in [5.41, 5.74) is 1.77. The maximum atomic E-state index is 11.3. The first-order chi connectivity index (χ1) is 9.76. The number of H-pyrrole nitrogens is 1. The molecule has 0 atom stereocenters. The van der Waals surface area contributed by atoms with Gasteiger partial charge in [0, 0.05) is 12.6 Å². The summed E-state index contributed by atoms with van der Waals surface area (Å²) in [6.45, 7) is 0.535. The average molecular weight is 266 g/mol. The molecule has 0 bridgehead atoms. The summed E-state index contributed by atoms with van der Waals surface area (Å²) in [4.78, 5) is 15.4. The Morgan fingerprint density at radius 2 is 2.30 bits per heavy atom. The molecule has 0 fully saturated rings. The van der Waals surface area contributed by atoms with Gasteiger partial charge in [-0.15, -0.1) is 0 Å². The third-order valence-corrected chi connectivity index (χ3v) is 2.84. The highest BCUT2D eigenvalue weighted by atomic mass is 16.1. The van der Waals surface area contributed by atoms with E-state index in [0.717, 1.165) is 5.56 Å². The second kappa shape index (κ2) is 4.85. The zero-order chi connectivity index (χ0) is 13.9. The van der Waals surface area contributed by atoms with Gasteiger partial charge in [-0.1, -0.05) is 12.1 Å². The first-order valence-electron chi connectivity index (χ1n) is 5.92. The number of benzene rings is 1. The molecule has 0 aliphatic heterocycles. The van der Waals surface area contributed by atoms with Crippen molar-refractivity contribution in [1.29, 1.82) is 5.26 Å². The van der Waals surface area contributed by atoms with Crippen molar-refractivity contribution in [2.75, 3.05) is 5.32 Å². The predicted molar refractivity (Wildman–Crippen MR) is 72.1 cm³/mol. The Morgan fingerprint density at radius 1 is 1.40 bits per heavy atom. The minimum Gasteiger partial charge on any atom is -0.366 e. The van der Waals surface area contributed by atoms with Crippen LogP contribution in [0.2, 0.25) is 0 Å². The molecule has 0 aliphatic rings. The van der Waals surface area contributed by atoms with Crippen LogP contribution in [0.4, 0.5) is 5.82 Å². The number of hydrogen-bond acceptors (Lipinski definition) is 5. The van der Waals surface area contributed by atoms with Gasteiger partial charge in [0.1, 0.15) is 12.1 Å². The molecule has 0 spiro atoms. The Labute approximate surface area is 113 Å². The third kappa shape index (κ3) is 2.22. The highest BCUT2D eigenvalue weighted by molar-refractivity contribution is 5.48. The summed E-state index contributed by atoms with van der Waals surface area (Å²) in [5.74, 6) is 0.610. The van der Waals surface area contributed by atoms with E-state index in [1.165, 1.54) is 10.7 Å². The van der Waals surface area contributed by atoms with Crippen molar-refractivity contribution in [2.45, 2.75) is 6.54 Å². The number of aromatic amines is 1. The van der Waals surface area contributed by atoms with E-state index in [-0.39, 0.29) is 5.69 Å². The van der Waals surface area contributed by atoms with Crippen molar-refractivity contribution in [3.8, 4) is 6.07 Å². The average Bonchev–Trinajstić information content (AvgIpc) is 2.86. The van der Waals surface area contributed by atoms with Gasteiger partial charge in [0.05, 0.1) is 11.6 Å². The van der Waals surface area contributed by atoms with Crippen molar-refractivity contribution in [1.82, 2.24) is 19.6 Å². The molecule has 0 amide bonds. The summed E-state index contributed by atoms with van der Waals surface area (Å²) < 4.78 is 1.32. The summed E-state index contributed by atoms with van der Waals surface area (Å²) in [6, 6.07) is 11.1. The molecule has 0 saturated heterocycles. The van der Waals surface area contributed by atoms with Crippen LogP contribution in [0.5, 0.6) is 0 Å². The van der Waals surface area contributed by atoms with Gasteiger partial charge in [-0.05, 0) is 17.7 Å². The van der Waals surface area contributed by atoms with Gasteiger partial charge < -0.3 is 5.32 Å². The van der Waals surface area contributed by atoms with E-state index < -0.39 is 0 Å². The fourth-order valence-electron chi connectivity index (χ4n) is 1.85. The van der Waals surface area contributed by atoms with Crippen LogP contribution in [0.15, 0.2) is 41.5 Å². The van der Waals surface area contributed by atoms with E-state index in [4.69, 9.17) is 5.26 Å². The first kappa shape index (κ1) is 11.9. The summed E-state index contributed by atoms with van der Waals surface area (Å²) in [7, 11) is 0. The molecule has 0 radical (unpaired) electrons. The lowest BCUT2D eigenvalue weighted by molar-refractivity contribution is 0.990. The molecule has 7 heteroatoms. The third-order valence-electron chi connectivity index (χ3n) is 2.84. The number of hydrogen-bond donors (Lipinski definition) is 2. The highest BCUT2D eigenvalue weighted by Crippen LogP contribution is 2.09. The lowest BCUT2D eigenvalue weighted by Crippen LogP contribution is -2.10. The fraction of sp³-hybridized carbons (Fsp3) is 0.0769.